The Morgan fingerprint density at radius 2 is 2.05 bits per heavy atom. The van der Waals surface area contributed by atoms with Crippen molar-refractivity contribution in [2.75, 3.05) is 18.8 Å². The zero-order valence-electron chi connectivity index (χ0n) is 11.7. The van der Waals surface area contributed by atoms with Crippen molar-refractivity contribution < 1.29 is 14.7 Å². The van der Waals surface area contributed by atoms with E-state index in [9.17, 15) is 9.59 Å². The SMILES string of the molecule is CC1CC(C)CN(C(=O)CSc2csc(C(=O)O)c2)C1. The molecule has 0 radical (unpaired) electrons. The average Bonchev–Trinajstić information content (AvgIpc) is 2.83. The highest BCUT2D eigenvalue weighted by atomic mass is 32.2. The first-order valence-corrected chi connectivity index (χ1v) is 8.54. The quantitative estimate of drug-likeness (QED) is 0.868. The van der Waals surface area contributed by atoms with E-state index in [1.165, 1.54) is 29.5 Å². The number of piperidine rings is 1. The van der Waals surface area contributed by atoms with Crippen LogP contribution in [-0.4, -0.2) is 40.7 Å². The molecule has 1 aromatic rings. The van der Waals surface area contributed by atoms with Crippen LogP contribution in [0.4, 0.5) is 0 Å². The minimum absolute atomic E-state index is 0.150. The zero-order valence-corrected chi connectivity index (χ0v) is 13.3. The molecular formula is C14H19NO3S2. The summed E-state index contributed by atoms with van der Waals surface area (Å²) in [6.45, 7) is 6.05. The largest absolute Gasteiger partial charge is 0.477 e. The van der Waals surface area contributed by atoms with Gasteiger partial charge in [-0.1, -0.05) is 13.8 Å². The van der Waals surface area contributed by atoms with Crippen molar-refractivity contribution in [1.29, 1.82) is 0 Å². The molecule has 1 aliphatic heterocycles. The Balaban J connectivity index is 1.86. The maximum atomic E-state index is 12.2. The lowest BCUT2D eigenvalue weighted by atomic mass is 9.92. The Kier molecular flexibility index (Phi) is 5.10. The van der Waals surface area contributed by atoms with Gasteiger partial charge >= 0.3 is 5.97 Å². The van der Waals surface area contributed by atoms with Gasteiger partial charge in [-0.25, -0.2) is 4.79 Å². The number of carboxylic acids is 1. The van der Waals surface area contributed by atoms with E-state index in [4.69, 9.17) is 5.11 Å². The number of amides is 1. The highest BCUT2D eigenvalue weighted by Crippen LogP contribution is 2.26. The first-order chi connectivity index (χ1) is 9.45. The van der Waals surface area contributed by atoms with Crippen LogP contribution in [0.25, 0.3) is 0 Å². The number of nitrogens with zero attached hydrogens (tertiary/aromatic N) is 1. The summed E-state index contributed by atoms with van der Waals surface area (Å²) in [4.78, 5) is 26.1. The molecule has 1 aliphatic rings. The Bertz CT molecular complexity index is 490. The molecule has 2 rings (SSSR count). The molecule has 1 amide bonds. The van der Waals surface area contributed by atoms with Crippen LogP contribution in [0, 0.1) is 11.8 Å². The summed E-state index contributed by atoms with van der Waals surface area (Å²) in [5.74, 6) is 0.748. The van der Waals surface area contributed by atoms with Gasteiger partial charge in [0.25, 0.3) is 0 Å². The first kappa shape index (κ1) is 15.4. The second kappa shape index (κ2) is 6.63. The molecule has 0 spiro atoms. The molecule has 0 bridgehead atoms. The Hall–Kier alpha value is -1.01. The Labute approximate surface area is 127 Å². The van der Waals surface area contributed by atoms with Gasteiger partial charge in [0, 0.05) is 23.4 Å². The van der Waals surface area contributed by atoms with Gasteiger partial charge in [-0.05, 0) is 24.3 Å². The third-order valence-corrected chi connectivity index (χ3v) is 5.40. The fourth-order valence-electron chi connectivity index (χ4n) is 2.61. The summed E-state index contributed by atoms with van der Waals surface area (Å²) >= 11 is 2.62. The number of hydrogen-bond donors (Lipinski definition) is 1. The van der Waals surface area contributed by atoms with E-state index < -0.39 is 5.97 Å². The van der Waals surface area contributed by atoms with E-state index in [-0.39, 0.29) is 5.91 Å². The summed E-state index contributed by atoms with van der Waals surface area (Å²) in [5.41, 5.74) is 0. The van der Waals surface area contributed by atoms with Crippen molar-refractivity contribution in [3.05, 3.63) is 16.3 Å². The predicted molar refractivity (Wildman–Crippen MR) is 81.5 cm³/mol. The maximum absolute atomic E-state index is 12.2. The lowest BCUT2D eigenvalue weighted by Crippen LogP contribution is -2.43. The van der Waals surface area contributed by atoms with E-state index in [2.05, 4.69) is 13.8 Å². The van der Waals surface area contributed by atoms with Gasteiger partial charge in [-0.3, -0.25) is 4.79 Å². The van der Waals surface area contributed by atoms with Crippen molar-refractivity contribution in [2.45, 2.75) is 25.2 Å². The number of thioether (sulfide) groups is 1. The van der Waals surface area contributed by atoms with Crippen molar-refractivity contribution in [3.63, 3.8) is 0 Å². The van der Waals surface area contributed by atoms with Crippen molar-refractivity contribution in [2.24, 2.45) is 11.8 Å². The molecule has 2 unspecified atom stereocenters. The first-order valence-electron chi connectivity index (χ1n) is 6.68. The van der Waals surface area contributed by atoms with E-state index in [0.29, 0.717) is 22.5 Å². The van der Waals surface area contributed by atoms with Crippen molar-refractivity contribution in [1.82, 2.24) is 4.90 Å². The number of likely N-dealkylation sites (tertiary alicyclic amines) is 1. The fourth-order valence-corrected chi connectivity index (χ4v) is 4.38. The van der Waals surface area contributed by atoms with Crippen molar-refractivity contribution in [3.8, 4) is 0 Å². The second-order valence-electron chi connectivity index (χ2n) is 5.49. The van der Waals surface area contributed by atoms with Crippen LogP contribution in [0.1, 0.15) is 29.9 Å². The van der Waals surface area contributed by atoms with E-state index in [1.54, 1.807) is 11.4 Å². The molecule has 2 atom stereocenters. The number of thiophene rings is 1. The molecule has 1 saturated heterocycles. The summed E-state index contributed by atoms with van der Waals surface area (Å²) in [7, 11) is 0. The number of rotatable bonds is 4. The van der Waals surface area contributed by atoms with Crippen molar-refractivity contribution >= 4 is 35.0 Å². The third-order valence-electron chi connectivity index (χ3n) is 3.37. The molecule has 6 heteroatoms. The maximum Gasteiger partial charge on any atom is 0.345 e. The van der Waals surface area contributed by atoms with Gasteiger partial charge in [0.05, 0.1) is 5.75 Å². The molecule has 4 nitrogen and oxygen atoms in total. The summed E-state index contributed by atoms with van der Waals surface area (Å²) in [6, 6.07) is 1.63. The molecule has 20 heavy (non-hydrogen) atoms. The van der Waals surface area contributed by atoms with Gasteiger partial charge in [0.1, 0.15) is 4.88 Å². The van der Waals surface area contributed by atoms with Crippen LogP contribution in [0.5, 0.6) is 0 Å². The van der Waals surface area contributed by atoms with Crippen LogP contribution in [-0.2, 0) is 4.79 Å². The zero-order chi connectivity index (χ0) is 14.7. The van der Waals surface area contributed by atoms with Gasteiger partial charge in [-0.2, -0.15) is 0 Å². The van der Waals surface area contributed by atoms with Gasteiger partial charge in [0.2, 0.25) is 5.91 Å². The standard InChI is InChI=1S/C14H19NO3S2/c1-9-3-10(2)6-15(5-9)13(16)8-19-11-4-12(14(17)18)20-7-11/h4,7,9-10H,3,5-6,8H2,1-2H3,(H,17,18). The number of carbonyl (C=O) groups is 2. The molecule has 1 N–H and O–H groups in total. The highest BCUT2D eigenvalue weighted by Gasteiger charge is 2.25. The van der Waals surface area contributed by atoms with Crippen LogP contribution >= 0.6 is 23.1 Å². The predicted octanol–water partition coefficient (Wildman–Crippen LogP) is 3.04. The van der Waals surface area contributed by atoms with E-state index >= 15 is 0 Å². The van der Waals surface area contributed by atoms with Crippen LogP contribution in [0.2, 0.25) is 0 Å². The topological polar surface area (TPSA) is 57.6 Å². The highest BCUT2D eigenvalue weighted by molar-refractivity contribution is 8.00. The van der Waals surface area contributed by atoms with Crippen LogP contribution < -0.4 is 0 Å². The van der Waals surface area contributed by atoms with Crippen LogP contribution in [0.3, 0.4) is 0 Å². The van der Waals surface area contributed by atoms with Crippen LogP contribution in [0.15, 0.2) is 16.3 Å². The van der Waals surface area contributed by atoms with E-state index in [1.807, 2.05) is 4.90 Å². The number of carboxylic acid groups (broad SMARTS) is 1. The number of hydrogen-bond acceptors (Lipinski definition) is 4. The molecule has 1 aromatic heterocycles. The third kappa shape index (κ3) is 3.99. The molecule has 110 valence electrons. The average molecular weight is 313 g/mol. The van der Waals surface area contributed by atoms with E-state index in [0.717, 1.165) is 18.0 Å². The molecule has 0 aliphatic carbocycles. The lowest BCUT2D eigenvalue weighted by Gasteiger charge is -2.35. The second-order valence-corrected chi connectivity index (χ2v) is 7.45. The molecule has 2 heterocycles. The Morgan fingerprint density at radius 3 is 2.60 bits per heavy atom. The minimum Gasteiger partial charge on any atom is -0.477 e. The lowest BCUT2D eigenvalue weighted by molar-refractivity contribution is -0.130. The molecule has 0 saturated carbocycles. The Morgan fingerprint density at radius 1 is 1.40 bits per heavy atom. The minimum atomic E-state index is -0.910. The van der Waals surface area contributed by atoms with Gasteiger partial charge in [-0.15, -0.1) is 23.1 Å². The smallest absolute Gasteiger partial charge is 0.345 e. The number of aromatic carboxylic acids is 1. The molecule has 1 fully saturated rings. The molecule has 0 aromatic carbocycles. The van der Waals surface area contributed by atoms with Gasteiger partial charge < -0.3 is 10.0 Å². The molecular weight excluding hydrogens is 294 g/mol. The summed E-state index contributed by atoms with van der Waals surface area (Å²) in [5, 5.41) is 10.7. The van der Waals surface area contributed by atoms with Gasteiger partial charge in [0.15, 0.2) is 0 Å². The summed E-state index contributed by atoms with van der Waals surface area (Å²) < 4.78 is 0. The summed E-state index contributed by atoms with van der Waals surface area (Å²) in [6.07, 6.45) is 1.18. The number of carbonyl (C=O) groups excluding carboxylic acids is 1. The fraction of sp³-hybridized carbons (Fsp3) is 0.571. The normalized spacial score (nSPS) is 22.8. The monoisotopic (exact) mass is 313 g/mol.